The predicted molar refractivity (Wildman–Crippen MR) is 67.8 cm³/mol. The fourth-order valence-corrected chi connectivity index (χ4v) is 2.43. The van der Waals surface area contributed by atoms with E-state index in [-0.39, 0.29) is 29.4 Å². The van der Waals surface area contributed by atoms with E-state index >= 15 is 0 Å². The van der Waals surface area contributed by atoms with Gasteiger partial charge in [-0.15, -0.1) is 0 Å². The van der Waals surface area contributed by atoms with Crippen LogP contribution in [0.4, 0.5) is 0 Å². The minimum absolute atomic E-state index is 0.0140. The maximum Gasteiger partial charge on any atom is 0.268 e. The van der Waals surface area contributed by atoms with Gasteiger partial charge in [-0.2, -0.15) is 0 Å². The van der Waals surface area contributed by atoms with Crippen LogP contribution in [0, 0.1) is 19.8 Å². The Morgan fingerprint density at radius 1 is 1.22 bits per heavy atom. The molecule has 98 valence electrons. The van der Waals surface area contributed by atoms with Gasteiger partial charge in [0.05, 0.1) is 0 Å². The molecule has 1 aromatic heterocycles. The van der Waals surface area contributed by atoms with Crippen molar-refractivity contribution in [2.75, 3.05) is 0 Å². The van der Waals surface area contributed by atoms with Crippen LogP contribution in [0.1, 0.15) is 36.8 Å². The lowest BCUT2D eigenvalue weighted by Crippen LogP contribution is -2.36. The molecule has 0 aliphatic heterocycles. The Morgan fingerprint density at radius 3 is 2.44 bits per heavy atom. The van der Waals surface area contributed by atoms with Crippen molar-refractivity contribution in [1.82, 2.24) is 9.78 Å². The van der Waals surface area contributed by atoms with Gasteiger partial charge in [0.25, 0.3) is 11.1 Å². The van der Waals surface area contributed by atoms with Crippen molar-refractivity contribution in [2.45, 2.75) is 46.1 Å². The van der Waals surface area contributed by atoms with Crippen LogP contribution in [0.5, 0.6) is 0 Å². The van der Waals surface area contributed by atoms with Gasteiger partial charge in [-0.3, -0.25) is 19.5 Å². The summed E-state index contributed by atoms with van der Waals surface area (Å²) in [4.78, 5) is 35.5. The van der Waals surface area contributed by atoms with E-state index in [2.05, 4.69) is 5.10 Å². The van der Waals surface area contributed by atoms with Crippen LogP contribution in [0.15, 0.2) is 9.59 Å². The molecule has 1 aromatic rings. The number of ketones is 1. The molecule has 0 saturated heterocycles. The smallest absolute Gasteiger partial charge is 0.268 e. The van der Waals surface area contributed by atoms with Gasteiger partial charge < -0.3 is 0 Å². The maximum absolute atomic E-state index is 12.0. The number of aromatic nitrogens is 2. The van der Waals surface area contributed by atoms with Gasteiger partial charge in [0.1, 0.15) is 6.54 Å². The summed E-state index contributed by atoms with van der Waals surface area (Å²) in [7, 11) is 0. The second-order valence-corrected chi connectivity index (χ2v) is 5.03. The van der Waals surface area contributed by atoms with Crippen molar-refractivity contribution in [1.29, 1.82) is 0 Å². The Balaban J connectivity index is 2.27. The highest BCUT2D eigenvalue weighted by atomic mass is 16.2. The number of nitrogens with one attached hydrogen (secondary N) is 1. The fourth-order valence-electron chi connectivity index (χ4n) is 2.43. The molecular weight excluding hydrogens is 232 g/mol. The van der Waals surface area contributed by atoms with Crippen molar-refractivity contribution in [3.8, 4) is 0 Å². The predicted octanol–water partition coefficient (Wildman–Crippen LogP) is 0.913. The summed E-state index contributed by atoms with van der Waals surface area (Å²) in [6.07, 6.45) is 3.97. The summed E-state index contributed by atoms with van der Waals surface area (Å²) >= 11 is 0. The molecule has 1 aliphatic carbocycles. The second-order valence-electron chi connectivity index (χ2n) is 5.03. The van der Waals surface area contributed by atoms with Crippen LogP contribution < -0.4 is 11.1 Å². The fraction of sp³-hybridized carbons (Fsp3) is 0.615. The zero-order valence-electron chi connectivity index (χ0n) is 10.8. The molecule has 0 atom stereocenters. The highest BCUT2D eigenvalue weighted by Gasteiger charge is 2.23. The molecule has 0 aromatic carbocycles. The average Bonchev–Trinajstić information content (AvgIpc) is 2.87. The lowest BCUT2D eigenvalue weighted by Gasteiger charge is -2.10. The molecule has 1 saturated carbocycles. The third-order valence-electron chi connectivity index (χ3n) is 3.83. The summed E-state index contributed by atoms with van der Waals surface area (Å²) < 4.78 is 1.14. The lowest BCUT2D eigenvalue weighted by atomic mass is 10.0. The van der Waals surface area contributed by atoms with Gasteiger partial charge >= 0.3 is 0 Å². The summed E-state index contributed by atoms with van der Waals surface area (Å²) in [5.74, 6) is 0.107. The van der Waals surface area contributed by atoms with Crippen LogP contribution in [-0.2, 0) is 11.3 Å². The first-order valence-electron chi connectivity index (χ1n) is 6.33. The SMILES string of the molecule is Cc1c(C)c(=O)n(CC(=O)C2CCCC2)[nH]c1=O. The first kappa shape index (κ1) is 12.8. The van der Waals surface area contributed by atoms with Crippen molar-refractivity contribution in [3.63, 3.8) is 0 Å². The average molecular weight is 250 g/mol. The van der Waals surface area contributed by atoms with Gasteiger partial charge in [-0.1, -0.05) is 12.8 Å². The summed E-state index contributed by atoms with van der Waals surface area (Å²) in [5.41, 5.74) is 0.257. The molecule has 1 fully saturated rings. The Morgan fingerprint density at radius 2 is 1.83 bits per heavy atom. The van der Waals surface area contributed by atoms with Gasteiger partial charge in [0.15, 0.2) is 5.78 Å². The first-order chi connectivity index (χ1) is 8.50. The quantitative estimate of drug-likeness (QED) is 0.866. The largest absolute Gasteiger partial charge is 0.297 e. The van der Waals surface area contributed by atoms with Crippen molar-refractivity contribution < 1.29 is 4.79 Å². The van der Waals surface area contributed by atoms with E-state index in [1.54, 1.807) is 13.8 Å². The molecule has 5 nitrogen and oxygen atoms in total. The summed E-state index contributed by atoms with van der Waals surface area (Å²) in [5, 5.41) is 2.47. The second kappa shape index (κ2) is 4.92. The number of H-pyrrole nitrogens is 1. The number of aromatic amines is 1. The van der Waals surface area contributed by atoms with Crippen molar-refractivity contribution >= 4 is 5.78 Å². The molecule has 0 bridgehead atoms. The third-order valence-corrected chi connectivity index (χ3v) is 3.83. The number of hydrogen-bond acceptors (Lipinski definition) is 3. The number of carbonyl (C=O) groups is 1. The number of hydrogen-bond donors (Lipinski definition) is 1. The molecule has 1 heterocycles. The highest BCUT2D eigenvalue weighted by Crippen LogP contribution is 2.25. The molecule has 2 rings (SSSR count). The van der Waals surface area contributed by atoms with Crippen LogP contribution in [0.25, 0.3) is 0 Å². The minimum Gasteiger partial charge on any atom is -0.297 e. The lowest BCUT2D eigenvalue weighted by molar-refractivity contribution is -0.123. The topological polar surface area (TPSA) is 71.9 Å². The number of rotatable bonds is 3. The molecule has 0 unspecified atom stereocenters. The van der Waals surface area contributed by atoms with Crippen molar-refractivity contribution in [2.24, 2.45) is 5.92 Å². The normalized spacial score (nSPS) is 16.1. The van der Waals surface area contributed by atoms with Crippen molar-refractivity contribution in [3.05, 3.63) is 31.8 Å². The van der Waals surface area contributed by atoms with E-state index in [4.69, 9.17) is 0 Å². The molecule has 0 spiro atoms. The van der Waals surface area contributed by atoms with Crippen LogP contribution in [-0.4, -0.2) is 15.6 Å². The van der Waals surface area contributed by atoms with E-state index in [9.17, 15) is 14.4 Å². The molecule has 0 radical (unpaired) electrons. The first-order valence-corrected chi connectivity index (χ1v) is 6.33. The van der Waals surface area contributed by atoms with Gasteiger partial charge in [-0.25, -0.2) is 4.68 Å². The van der Waals surface area contributed by atoms with E-state index < -0.39 is 0 Å². The zero-order valence-corrected chi connectivity index (χ0v) is 10.8. The highest BCUT2D eigenvalue weighted by molar-refractivity contribution is 5.80. The molecule has 1 aliphatic rings. The Labute approximate surface area is 105 Å². The number of carbonyl (C=O) groups excluding carboxylic acids is 1. The summed E-state index contributed by atoms with van der Waals surface area (Å²) in [6.45, 7) is 3.21. The van der Waals surface area contributed by atoms with E-state index in [0.29, 0.717) is 11.1 Å². The molecule has 0 amide bonds. The van der Waals surface area contributed by atoms with Gasteiger partial charge in [0, 0.05) is 17.0 Å². The van der Waals surface area contributed by atoms with Crippen LogP contribution >= 0.6 is 0 Å². The van der Waals surface area contributed by atoms with Gasteiger partial charge in [-0.05, 0) is 26.7 Å². The van der Waals surface area contributed by atoms with Gasteiger partial charge in [0.2, 0.25) is 0 Å². The minimum atomic E-state index is -0.300. The van der Waals surface area contributed by atoms with Crippen LogP contribution in [0.3, 0.4) is 0 Å². The Bertz CT molecular complexity index is 577. The maximum atomic E-state index is 12.0. The molecule has 5 heteroatoms. The zero-order chi connectivity index (χ0) is 13.3. The van der Waals surface area contributed by atoms with E-state index in [1.165, 1.54) is 0 Å². The van der Waals surface area contributed by atoms with Crippen LogP contribution in [0.2, 0.25) is 0 Å². The van der Waals surface area contributed by atoms with E-state index in [1.807, 2.05) is 0 Å². The third kappa shape index (κ3) is 2.30. The summed E-state index contributed by atoms with van der Waals surface area (Å²) in [6, 6.07) is 0. The number of Topliss-reactive ketones (excluding diaryl/α,β-unsaturated/α-hetero) is 1. The number of nitrogens with zero attached hydrogens (tertiary/aromatic N) is 1. The Hall–Kier alpha value is -1.65. The molecular formula is C13H18N2O3. The Kier molecular flexibility index (Phi) is 3.50. The standard InChI is InChI=1S/C13H18N2O3/c1-8-9(2)13(18)15(14-12(8)17)7-11(16)10-5-3-4-6-10/h10H,3-7H2,1-2H3,(H,14,17). The monoisotopic (exact) mass is 250 g/mol. The molecule has 18 heavy (non-hydrogen) atoms. The molecule has 1 N–H and O–H groups in total. The van der Waals surface area contributed by atoms with E-state index in [0.717, 1.165) is 30.4 Å².